The Balaban J connectivity index is 3.55. The van der Waals surface area contributed by atoms with Crippen LogP contribution in [0.2, 0.25) is 0 Å². The van der Waals surface area contributed by atoms with Gasteiger partial charge in [0.15, 0.2) is 0 Å². The first-order chi connectivity index (χ1) is 5.48. The quantitative estimate of drug-likeness (QED) is 0.489. The lowest BCUT2D eigenvalue weighted by Gasteiger charge is -2.26. The monoisotopic (exact) mass is 169 g/mol. The summed E-state index contributed by atoms with van der Waals surface area (Å²) in [5.74, 6) is 5.79. The molecule has 0 spiro atoms. The fraction of sp³-hybridized carbons (Fsp3) is 0.800. The first-order valence-corrected chi connectivity index (χ1v) is 4.34. The van der Waals surface area contributed by atoms with Gasteiger partial charge in [-0.05, 0) is 27.7 Å². The molecule has 0 aliphatic rings. The Morgan fingerprint density at radius 3 is 2.50 bits per heavy atom. The third-order valence-electron chi connectivity index (χ3n) is 1.94. The molecule has 0 rings (SSSR count). The summed E-state index contributed by atoms with van der Waals surface area (Å²) in [6, 6.07) is 0.108. The van der Waals surface area contributed by atoms with E-state index in [4.69, 9.17) is 0 Å². The first-order valence-electron chi connectivity index (χ1n) is 4.34. The largest absolute Gasteiger partial charge is 0.389 e. The molecule has 2 N–H and O–H groups in total. The van der Waals surface area contributed by atoms with E-state index in [0.29, 0.717) is 0 Å². The molecule has 0 heterocycles. The Hall–Kier alpha value is -0.520. The summed E-state index contributed by atoms with van der Waals surface area (Å²) in [6.45, 7) is 8.25. The van der Waals surface area contributed by atoms with Crippen molar-refractivity contribution in [3.63, 3.8) is 0 Å². The van der Waals surface area contributed by atoms with E-state index in [0.717, 1.165) is 13.0 Å². The van der Waals surface area contributed by atoms with Gasteiger partial charge in [-0.15, -0.1) is 11.8 Å². The highest BCUT2D eigenvalue weighted by Gasteiger charge is 2.20. The van der Waals surface area contributed by atoms with E-state index in [1.807, 2.05) is 13.8 Å². The third-order valence-corrected chi connectivity index (χ3v) is 1.94. The third kappa shape index (κ3) is 5.17. The normalized spacial score (nSPS) is 13.4. The molecule has 0 saturated heterocycles. The van der Waals surface area contributed by atoms with Crippen LogP contribution in [0.3, 0.4) is 0 Å². The summed E-state index contributed by atoms with van der Waals surface area (Å²) >= 11 is 0. The minimum atomic E-state index is -0.653. The smallest absolute Gasteiger partial charge is 0.0741 e. The van der Waals surface area contributed by atoms with Crippen molar-refractivity contribution < 1.29 is 5.11 Å². The van der Waals surface area contributed by atoms with Crippen LogP contribution in [0.25, 0.3) is 0 Å². The van der Waals surface area contributed by atoms with Crippen LogP contribution in [0.4, 0.5) is 0 Å². The average molecular weight is 169 g/mol. The van der Waals surface area contributed by atoms with Gasteiger partial charge in [-0.25, -0.2) is 0 Å². The van der Waals surface area contributed by atoms with Gasteiger partial charge in [-0.3, -0.25) is 0 Å². The van der Waals surface area contributed by atoms with E-state index < -0.39 is 5.60 Å². The molecule has 70 valence electrons. The molecule has 0 saturated carbocycles. The molecule has 0 aromatic carbocycles. The molecule has 0 aliphatic carbocycles. The van der Waals surface area contributed by atoms with E-state index in [-0.39, 0.29) is 6.04 Å². The highest BCUT2D eigenvalue weighted by atomic mass is 16.3. The van der Waals surface area contributed by atoms with Gasteiger partial charge >= 0.3 is 0 Å². The van der Waals surface area contributed by atoms with Crippen molar-refractivity contribution >= 4 is 0 Å². The molecule has 0 aliphatic heterocycles. The molecule has 0 fully saturated rings. The summed E-state index contributed by atoms with van der Waals surface area (Å²) in [4.78, 5) is 0. The molecule has 2 heteroatoms. The molecule has 0 bridgehead atoms. The molecule has 1 atom stereocenters. The molecule has 0 aromatic rings. The lowest BCUT2D eigenvalue weighted by molar-refractivity contribution is 0.0447. The number of nitrogens with one attached hydrogen (secondary N) is 1. The van der Waals surface area contributed by atoms with Crippen LogP contribution in [-0.2, 0) is 0 Å². The van der Waals surface area contributed by atoms with Crippen molar-refractivity contribution in [1.82, 2.24) is 5.32 Å². The Morgan fingerprint density at radius 1 is 1.50 bits per heavy atom. The Bertz CT molecular complexity index is 171. The molecule has 12 heavy (non-hydrogen) atoms. The average Bonchev–Trinajstić information content (AvgIpc) is 1.96. The van der Waals surface area contributed by atoms with Crippen molar-refractivity contribution in [1.29, 1.82) is 0 Å². The van der Waals surface area contributed by atoms with E-state index in [9.17, 15) is 5.11 Å². The first kappa shape index (κ1) is 11.5. The minimum Gasteiger partial charge on any atom is -0.389 e. The maximum Gasteiger partial charge on any atom is 0.0741 e. The Labute approximate surface area is 75.4 Å². The molecular weight excluding hydrogens is 150 g/mol. The van der Waals surface area contributed by atoms with Crippen molar-refractivity contribution in [2.24, 2.45) is 0 Å². The van der Waals surface area contributed by atoms with Crippen LogP contribution in [0.5, 0.6) is 0 Å². The van der Waals surface area contributed by atoms with E-state index in [2.05, 4.69) is 17.2 Å². The molecule has 0 aromatic heterocycles. The van der Waals surface area contributed by atoms with Gasteiger partial charge in [0, 0.05) is 19.0 Å². The number of hydrogen-bond donors (Lipinski definition) is 2. The van der Waals surface area contributed by atoms with Crippen molar-refractivity contribution in [3.05, 3.63) is 0 Å². The van der Waals surface area contributed by atoms with Crippen molar-refractivity contribution in [2.75, 3.05) is 6.54 Å². The zero-order valence-corrected chi connectivity index (χ0v) is 8.44. The minimum absolute atomic E-state index is 0.108. The summed E-state index contributed by atoms with van der Waals surface area (Å²) in [7, 11) is 0. The summed E-state index contributed by atoms with van der Waals surface area (Å²) in [5.41, 5.74) is -0.653. The van der Waals surface area contributed by atoms with Crippen LogP contribution < -0.4 is 5.32 Å². The number of hydrogen-bond acceptors (Lipinski definition) is 2. The Morgan fingerprint density at radius 2 is 2.08 bits per heavy atom. The maximum absolute atomic E-state index is 9.54. The fourth-order valence-electron chi connectivity index (χ4n) is 0.726. The van der Waals surface area contributed by atoms with Crippen molar-refractivity contribution in [2.45, 2.75) is 45.8 Å². The van der Waals surface area contributed by atoms with Gasteiger partial charge in [0.2, 0.25) is 0 Å². The van der Waals surface area contributed by atoms with E-state index in [1.54, 1.807) is 13.8 Å². The standard InChI is InChI=1S/C10H19NO/c1-5-6-7-8-11-9(2)10(3,4)12/h9,11-12H,7-8H2,1-4H3. The zero-order valence-electron chi connectivity index (χ0n) is 8.44. The second kappa shape index (κ2) is 5.18. The highest BCUT2D eigenvalue weighted by Crippen LogP contribution is 2.06. The summed E-state index contributed by atoms with van der Waals surface area (Å²) in [5, 5.41) is 12.7. The Kier molecular flexibility index (Phi) is 4.96. The fourth-order valence-corrected chi connectivity index (χ4v) is 0.726. The van der Waals surface area contributed by atoms with Gasteiger partial charge in [0.25, 0.3) is 0 Å². The summed E-state index contributed by atoms with van der Waals surface area (Å²) in [6.07, 6.45) is 0.844. The van der Waals surface area contributed by atoms with Crippen LogP contribution in [-0.4, -0.2) is 23.3 Å². The molecule has 0 amide bonds. The highest BCUT2D eigenvalue weighted by molar-refractivity contribution is 4.95. The lowest BCUT2D eigenvalue weighted by atomic mass is 10.0. The maximum atomic E-state index is 9.54. The molecule has 1 unspecified atom stereocenters. The molecule has 0 radical (unpaired) electrons. The zero-order chi connectivity index (χ0) is 9.61. The second-order valence-electron chi connectivity index (χ2n) is 3.51. The molecular formula is C10H19NO. The van der Waals surface area contributed by atoms with Crippen LogP contribution in [0, 0.1) is 11.8 Å². The van der Waals surface area contributed by atoms with E-state index >= 15 is 0 Å². The van der Waals surface area contributed by atoms with Gasteiger partial charge in [-0.2, -0.15) is 0 Å². The SMILES string of the molecule is CC#CCCNC(C)C(C)(C)O. The topological polar surface area (TPSA) is 32.3 Å². The predicted molar refractivity (Wildman–Crippen MR) is 51.8 cm³/mol. The van der Waals surface area contributed by atoms with Crippen LogP contribution in [0.15, 0.2) is 0 Å². The van der Waals surface area contributed by atoms with Crippen molar-refractivity contribution in [3.8, 4) is 11.8 Å². The predicted octanol–water partition coefficient (Wildman–Crippen LogP) is 1.15. The van der Waals surface area contributed by atoms with Gasteiger partial charge in [0.1, 0.15) is 0 Å². The van der Waals surface area contributed by atoms with Gasteiger partial charge in [-0.1, -0.05) is 0 Å². The van der Waals surface area contributed by atoms with E-state index in [1.165, 1.54) is 0 Å². The number of aliphatic hydroxyl groups is 1. The van der Waals surface area contributed by atoms with Crippen LogP contribution in [0.1, 0.15) is 34.1 Å². The summed E-state index contributed by atoms with van der Waals surface area (Å²) < 4.78 is 0. The number of rotatable bonds is 4. The van der Waals surface area contributed by atoms with Gasteiger partial charge in [0.05, 0.1) is 5.60 Å². The second-order valence-corrected chi connectivity index (χ2v) is 3.51. The molecule has 2 nitrogen and oxygen atoms in total. The van der Waals surface area contributed by atoms with Gasteiger partial charge < -0.3 is 10.4 Å². The van der Waals surface area contributed by atoms with Crippen LogP contribution >= 0.6 is 0 Å². The lowest BCUT2D eigenvalue weighted by Crippen LogP contribution is -2.44.